The average molecular weight is 417 g/mol. The Hall–Kier alpha value is -3.52. The van der Waals surface area contributed by atoms with Crippen LogP contribution in [0.4, 0.5) is 5.95 Å². The molecule has 4 aromatic rings. The lowest BCUT2D eigenvalue weighted by atomic mass is 9.95. The standard InChI is InChI=1S/C22H20N6OS/c1-13-18(20(23)29)19(16-11-24-17-10-6-5-9-15(16)17)28-21(25-13)26-22(27-28)30-12-14-7-3-2-4-8-14/h2-11,19,24H,12H2,1H3,(H2,23,29)(H,25,26,27). The van der Waals surface area contributed by atoms with Crippen LogP contribution in [0.25, 0.3) is 10.9 Å². The number of anilines is 1. The minimum absolute atomic E-state index is 0.450. The van der Waals surface area contributed by atoms with Gasteiger partial charge < -0.3 is 16.0 Å². The normalized spacial score (nSPS) is 15.8. The summed E-state index contributed by atoms with van der Waals surface area (Å²) in [7, 11) is 0. The van der Waals surface area contributed by atoms with E-state index in [9.17, 15) is 4.79 Å². The number of para-hydroxylation sites is 1. The van der Waals surface area contributed by atoms with Crippen molar-refractivity contribution in [2.75, 3.05) is 5.32 Å². The largest absolute Gasteiger partial charge is 0.366 e. The molecule has 0 radical (unpaired) electrons. The number of fused-ring (bicyclic) bond motifs is 2. The van der Waals surface area contributed by atoms with Crippen LogP contribution < -0.4 is 11.1 Å². The summed E-state index contributed by atoms with van der Waals surface area (Å²) < 4.78 is 1.76. The molecular formula is C22H20N6OS. The maximum absolute atomic E-state index is 12.4. The summed E-state index contributed by atoms with van der Waals surface area (Å²) in [6.45, 7) is 1.84. The van der Waals surface area contributed by atoms with Gasteiger partial charge in [0.15, 0.2) is 0 Å². The minimum atomic E-state index is -0.477. The number of primary amides is 1. The molecule has 0 saturated carbocycles. The average Bonchev–Trinajstić information content (AvgIpc) is 3.35. The number of hydrogen-bond donors (Lipinski definition) is 3. The Morgan fingerprint density at radius 3 is 2.73 bits per heavy atom. The lowest BCUT2D eigenvalue weighted by molar-refractivity contribution is -0.115. The first-order valence-corrected chi connectivity index (χ1v) is 10.6. The Bertz CT molecular complexity index is 1270. The number of nitrogens with two attached hydrogens (primary N) is 1. The zero-order valence-corrected chi connectivity index (χ0v) is 17.1. The molecule has 0 spiro atoms. The molecule has 3 heterocycles. The summed E-state index contributed by atoms with van der Waals surface area (Å²) in [5.41, 5.74) is 10.1. The quantitative estimate of drug-likeness (QED) is 0.429. The number of H-pyrrole nitrogens is 1. The van der Waals surface area contributed by atoms with Gasteiger partial charge in [-0.15, -0.1) is 5.10 Å². The van der Waals surface area contributed by atoms with E-state index in [0.717, 1.165) is 22.2 Å². The van der Waals surface area contributed by atoms with Gasteiger partial charge >= 0.3 is 0 Å². The van der Waals surface area contributed by atoms with Gasteiger partial charge in [-0.3, -0.25) is 4.79 Å². The second-order valence-corrected chi connectivity index (χ2v) is 8.10. The Kier molecular flexibility index (Phi) is 4.55. The van der Waals surface area contributed by atoms with Crippen molar-refractivity contribution in [2.24, 2.45) is 5.73 Å². The lowest BCUT2D eigenvalue weighted by Gasteiger charge is -2.27. The highest BCUT2D eigenvalue weighted by atomic mass is 32.2. The van der Waals surface area contributed by atoms with E-state index in [4.69, 9.17) is 10.8 Å². The van der Waals surface area contributed by atoms with Gasteiger partial charge in [-0.2, -0.15) is 4.98 Å². The highest BCUT2D eigenvalue weighted by Gasteiger charge is 2.34. The number of benzene rings is 2. The van der Waals surface area contributed by atoms with Gasteiger partial charge in [0.05, 0.1) is 5.57 Å². The molecule has 1 atom stereocenters. The third-order valence-corrected chi connectivity index (χ3v) is 6.13. The molecule has 1 amide bonds. The van der Waals surface area contributed by atoms with Crippen molar-refractivity contribution in [2.45, 2.75) is 23.9 Å². The molecule has 30 heavy (non-hydrogen) atoms. The number of amides is 1. The molecule has 2 aromatic heterocycles. The highest BCUT2D eigenvalue weighted by molar-refractivity contribution is 7.98. The maximum atomic E-state index is 12.4. The zero-order chi connectivity index (χ0) is 20.7. The molecule has 1 aliphatic rings. The zero-order valence-electron chi connectivity index (χ0n) is 16.3. The van der Waals surface area contributed by atoms with Crippen molar-refractivity contribution in [1.82, 2.24) is 19.7 Å². The van der Waals surface area contributed by atoms with E-state index >= 15 is 0 Å². The van der Waals surface area contributed by atoms with Crippen molar-refractivity contribution in [3.63, 3.8) is 0 Å². The van der Waals surface area contributed by atoms with Crippen LogP contribution in [0, 0.1) is 0 Å². The van der Waals surface area contributed by atoms with E-state index in [0.29, 0.717) is 22.4 Å². The molecule has 0 saturated heterocycles. The number of carbonyl (C=O) groups excluding carboxylic acids is 1. The Labute approximate surface area is 177 Å². The van der Waals surface area contributed by atoms with Crippen molar-refractivity contribution in [3.05, 3.63) is 83.2 Å². The van der Waals surface area contributed by atoms with E-state index in [-0.39, 0.29) is 0 Å². The molecule has 0 fully saturated rings. The fourth-order valence-corrected chi connectivity index (χ4v) is 4.63. The van der Waals surface area contributed by atoms with E-state index in [1.165, 1.54) is 5.56 Å². The Morgan fingerprint density at radius 2 is 1.93 bits per heavy atom. The molecule has 0 bridgehead atoms. The fourth-order valence-electron chi connectivity index (χ4n) is 3.84. The lowest BCUT2D eigenvalue weighted by Crippen LogP contribution is -2.31. The summed E-state index contributed by atoms with van der Waals surface area (Å²) in [5, 5.41) is 9.59. The van der Waals surface area contributed by atoms with Gasteiger partial charge in [-0.1, -0.05) is 60.3 Å². The van der Waals surface area contributed by atoms with Crippen molar-refractivity contribution < 1.29 is 4.79 Å². The van der Waals surface area contributed by atoms with Gasteiger partial charge in [0, 0.05) is 34.1 Å². The van der Waals surface area contributed by atoms with E-state index < -0.39 is 11.9 Å². The highest BCUT2D eigenvalue weighted by Crippen LogP contribution is 2.38. The maximum Gasteiger partial charge on any atom is 0.248 e. The van der Waals surface area contributed by atoms with Crippen molar-refractivity contribution in [1.29, 1.82) is 0 Å². The summed E-state index contributed by atoms with van der Waals surface area (Å²) in [6, 6.07) is 17.7. The molecule has 2 aromatic carbocycles. The number of allylic oxidation sites excluding steroid dienone is 1. The third kappa shape index (κ3) is 3.15. The summed E-state index contributed by atoms with van der Waals surface area (Å²) in [4.78, 5) is 20.3. The first kappa shape index (κ1) is 18.5. The van der Waals surface area contributed by atoms with Gasteiger partial charge in [0.1, 0.15) is 6.04 Å². The molecule has 7 nitrogen and oxygen atoms in total. The Morgan fingerprint density at radius 1 is 1.17 bits per heavy atom. The van der Waals surface area contributed by atoms with Crippen LogP contribution in [0.15, 0.2) is 77.2 Å². The second-order valence-electron chi connectivity index (χ2n) is 7.16. The van der Waals surface area contributed by atoms with Crippen LogP contribution >= 0.6 is 11.8 Å². The van der Waals surface area contributed by atoms with Gasteiger partial charge in [0.2, 0.25) is 17.0 Å². The Balaban J connectivity index is 1.57. The number of aromatic amines is 1. The third-order valence-electron chi connectivity index (χ3n) is 5.23. The van der Waals surface area contributed by atoms with Crippen LogP contribution in [0.5, 0.6) is 0 Å². The summed E-state index contributed by atoms with van der Waals surface area (Å²) in [5.74, 6) is 0.884. The topological polar surface area (TPSA) is 102 Å². The van der Waals surface area contributed by atoms with E-state index in [1.807, 2.05) is 55.6 Å². The molecular weight excluding hydrogens is 396 g/mol. The number of carbonyl (C=O) groups is 1. The van der Waals surface area contributed by atoms with Crippen LogP contribution in [0.2, 0.25) is 0 Å². The number of aromatic nitrogens is 4. The monoisotopic (exact) mass is 416 g/mol. The van der Waals surface area contributed by atoms with Crippen LogP contribution in [-0.2, 0) is 10.5 Å². The minimum Gasteiger partial charge on any atom is -0.366 e. The SMILES string of the molecule is CC1=C(C(N)=O)C(c2c[nH]c3ccccc23)n2nc(SCc3ccccc3)nc2N1. The second kappa shape index (κ2) is 7.38. The summed E-state index contributed by atoms with van der Waals surface area (Å²) >= 11 is 1.56. The number of thioether (sulfide) groups is 1. The predicted octanol–water partition coefficient (Wildman–Crippen LogP) is 3.83. The van der Waals surface area contributed by atoms with E-state index in [1.54, 1.807) is 16.4 Å². The van der Waals surface area contributed by atoms with Gasteiger partial charge in [0.25, 0.3) is 0 Å². The van der Waals surface area contributed by atoms with Crippen molar-refractivity contribution >= 4 is 34.5 Å². The summed E-state index contributed by atoms with van der Waals surface area (Å²) in [6.07, 6.45) is 1.92. The van der Waals surface area contributed by atoms with Crippen LogP contribution in [-0.4, -0.2) is 25.7 Å². The predicted molar refractivity (Wildman–Crippen MR) is 118 cm³/mol. The first-order chi connectivity index (χ1) is 14.6. The molecule has 8 heteroatoms. The number of nitrogens with one attached hydrogen (secondary N) is 2. The van der Waals surface area contributed by atoms with Crippen LogP contribution in [0.1, 0.15) is 24.1 Å². The molecule has 0 aliphatic carbocycles. The smallest absolute Gasteiger partial charge is 0.248 e. The molecule has 1 aliphatic heterocycles. The first-order valence-electron chi connectivity index (χ1n) is 9.58. The van der Waals surface area contributed by atoms with E-state index in [2.05, 4.69) is 27.4 Å². The van der Waals surface area contributed by atoms with Gasteiger partial charge in [-0.25, -0.2) is 4.68 Å². The number of nitrogens with zero attached hydrogens (tertiary/aromatic N) is 3. The van der Waals surface area contributed by atoms with Crippen molar-refractivity contribution in [3.8, 4) is 0 Å². The van der Waals surface area contributed by atoms with Gasteiger partial charge in [-0.05, 0) is 18.6 Å². The number of rotatable bonds is 5. The molecule has 1 unspecified atom stereocenters. The number of hydrogen-bond acceptors (Lipinski definition) is 5. The van der Waals surface area contributed by atoms with Crippen LogP contribution in [0.3, 0.4) is 0 Å². The molecule has 5 rings (SSSR count). The molecule has 4 N–H and O–H groups in total. The molecule has 150 valence electrons. The fraction of sp³-hybridized carbons (Fsp3) is 0.136.